The van der Waals surface area contributed by atoms with E-state index in [1.54, 1.807) is 7.11 Å². The quantitative estimate of drug-likeness (QED) is 0.662. The smallest absolute Gasteiger partial charge is 0.234 e. The standard InChI is InChI=1S/C11H23N3O2/c1-9-3-6-14(7-10(9)16-2)8-11(15)13-5-4-12/h9-10H,3-8,12H2,1-2H3,(H,13,15). The molecule has 0 aromatic heterocycles. The molecule has 1 saturated heterocycles. The molecule has 0 radical (unpaired) electrons. The van der Waals surface area contributed by atoms with E-state index in [0.717, 1.165) is 19.5 Å². The van der Waals surface area contributed by atoms with Crippen molar-refractivity contribution < 1.29 is 9.53 Å². The van der Waals surface area contributed by atoms with Crippen LogP contribution in [0, 0.1) is 5.92 Å². The van der Waals surface area contributed by atoms with E-state index in [1.807, 2.05) is 0 Å². The van der Waals surface area contributed by atoms with E-state index in [-0.39, 0.29) is 12.0 Å². The maximum absolute atomic E-state index is 11.5. The monoisotopic (exact) mass is 229 g/mol. The molecular formula is C11H23N3O2. The van der Waals surface area contributed by atoms with Gasteiger partial charge in [0, 0.05) is 26.7 Å². The van der Waals surface area contributed by atoms with Gasteiger partial charge in [-0.05, 0) is 18.9 Å². The van der Waals surface area contributed by atoms with Gasteiger partial charge in [0.05, 0.1) is 12.6 Å². The van der Waals surface area contributed by atoms with Crippen LogP contribution in [-0.2, 0) is 9.53 Å². The van der Waals surface area contributed by atoms with Crippen molar-refractivity contribution in [3.05, 3.63) is 0 Å². The van der Waals surface area contributed by atoms with Crippen LogP contribution < -0.4 is 11.1 Å². The first kappa shape index (κ1) is 13.4. The maximum atomic E-state index is 11.5. The average Bonchev–Trinajstić information content (AvgIpc) is 2.29. The molecule has 94 valence electrons. The normalized spacial score (nSPS) is 26.7. The Morgan fingerprint density at radius 3 is 3.00 bits per heavy atom. The van der Waals surface area contributed by atoms with Crippen molar-refractivity contribution in [2.24, 2.45) is 11.7 Å². The topological polar surface area (TPSA) is 67.6 Å². The lowest BCUT2D eigenvalue weighted by atomic mass is 9.96. The minimum atomic E-state index is 0.0508. The average molecular weight is 229 g/mol. The Morgan fingerprint density at radius 1 is 1.62 bits per heavy atom. The van der Waals surface area contributed by atoms with Gasteiger partial charge in [0.25, 0.3) is 0 Å². The number of rotatable bonds is 5. The first-order valence-electron chi connectivity index (χ1n) is 5.89. The van der Waals surface area contributed by atoms with Crippen LogP contribution in [-0.4, -0.2) is 56.7 Å². The van der Waals surface area contributed by atoms with Crippen molar-refractivity contribution in [1.29, 1.82) is 0 Å². The predicted molar refractivity (Wildman–Crippen MR) is 63.1 cm³/mol. The Balaban J connectivity index is 2.30. The zero-order valence-electron chi connectivity index (χ0n) is 10.2. The van der Waals surface area contributed by atoms with Crippen molar-refractivity contribution in [2.45, 2.75) is 19.4 Å². The van der Waals surface area contributed by atoms with Gasteiger partial charge in [0.15, 0.2) is 0 Å². The van der Waals surface area contributed by atoms with Crippen LogP contribution in [0.5, 0.6) is 0 Å². The van der Waals surface area contributed by atoms with E-state index >= 15 is 0 Å². The molecular weight excluding hydrogens is 206 g/mol. The summed E-state index contributed by atoms with van der Waals surface area (Å²) in [4.78, 5) is 13.6. The molecule has 2 unspecified atom stereocenters. The summed E-state index contributed by atoms with van der Waals surface area (Å²) in [6.07, 6.45) is 1.33. The van der Waals surface area contributed by atoms with E-state index < -0.39 is 0 Å². The lowest BCUT2D eigenvalue weighted by molar-refractivity contribution is -0.123. The highest BCUT2D eigenvalue weighted by molar-refractivity contribution is 5.78. The molecule has 1 aliphatic heterocycles. The third kappa shape index (κ3) is 4.08. The molecule has 16 heavy (non-hydrogen) atoms. The van der Waals surface area contributed by atoms with Crippen molar-refractivity contribution in [2.75, 3.05) is 39.8 Å². The lowest BCUT2D eigenvalue weighted by Crippen LogP contribution is -2.48. The minimum Gasteiger partial charge on any atom is -0.380 e. The van der Waals surface area contributed by atoms with Crippen LogP contribution in [0.3, 0.4) is 0 Å². The molecule has 1 aliphatic rings. The van der Waals surface area contributed by atoms with Crippen LogP contribution in [0.4, 0.5) is 0 Å². The molecule has 1 rings (SSSR count). The van der Waals surface area contributed by atoms with Gasteiger partial charge < -0.3 is 15.8 Å². The van der Waals surface area contributed by atoms with Crippen molar-refractivity contribution in [1.82, 2.24) is 10.2 Å². The number of hydrogen-bond acceptors (Lipinski definition) is 4. The van der Waals surface area contributed by atoms with E-state index in [1.165, 1.54) is 0 Å². The fourth-order valence-electron chi connectivity index (χ4n) is 2.02. The summed E-state index contributed by atoms with van der Waals surface area (Å²) >= 11 is 0. The summed E-state index contributed by atoms with van der Waals surface area (Å²) in [5, 5.41) is 2.78. The minimum absolute atomic E-state index is 0.0508. The third-order valence-corrected chi connectivity index (χ3v) is 3.11. The molecule has 5 nitrogen and oxygen atoms in total. The number of hydrogen-bond donors (Lipinski definition) is 2. The van der Waals surface area contributed by atoms with E-state index in [0.29, 0.717) is 25.6 Å². The van der Waals surface area contributed by atoms with Crippen molar-refractivity contribution >= 4 is 5.91 Å². The number of amides is 1. The molecule has 1 fully saturated rings. The van der Waals surface area contributed by atoms with Gasteiger partial charge in [0.1, 0.15) is 0 Å². The third-order valence-electron chi connectivity index (χ3n) is 3.11. The summed E-state index contributed by atoms with van der Waals surface area (Å²) in [6, 6.07) is 0. The molecule has 0 saturated carbocycles. The number of nitrogens with two attached hydrogens (primary N) is 1. The Kier molecular flexibility index (Phi) is 5.73. The molecule has 1 amide bonds. The Morgan fingerprint density at radius 2 is 2.38 bits per heavy atom. The summed E-state index contributed by atoms with van der Waals surface area (Å²) in [5.41, 5.74) is 5.32. The summed E-state index contributed by atoms with van der Waals surface area (Å²) in [7, 11) is 1.74. The second-order valence-electron chi connectivity index (χ2n) is 4.41. The highest BCUT2D eigenvalue weighted by Crippen LogP contribution is 2.18. The van der Waals surface area contributed by atoms with Gasteiger partial charge in [-0.2, -0.15) is 0 Å². The summed E-state index contributed by atoms with van der Waals surface area (Å²) < 4.78 is 5.40. The second-order valence-corrected chi connectivity index (χ2v) is 4.41. The number of piperidine rings is 1. The van der Waals surface area contributed by atoms with Gasteiger partial charge in [-0.1, -0.05) is 6.92 Å². The molecule has 2 atom stereocenters. The number of carbonyl (C=O) groups excluding carboxylic acids is 1. The number of ether oxygens (including phenoxy) is 1. The molecule has 0 aliphatic carbocycles. The Bertz CT molecular complexity index is 223. The number of likely N-dealkylation sites (tertiary alicyclic amines) is 1. The van der Waals surface area contributed by atoms with Gasteiger partial charge >= 0.3 is 0 Å². The zero-order chi connectivity index (χ0) is 12.0. The lowest BCUT2D eigenvalue weighted by Gasteiger charge is -2.35. The summed E-state index contributed by atoms with van der Waals surface area (Å²) in [5.74, 6) is 0.628. The molecule has 0 aromatic carbocycles. The van der Waals surface area contributed by atoms with Crippen LogP contribution in [0.1, 0.15) is 13.3 Å². The Labute approximate surface area is 97.3 Å². The molecule has 3 N–H and O–H groups in total. The van der Waals surface area contributed by atoms with Gasteiger partial charge in [-0.15, -0.1) is 0 Å². The zero-order valence-corrected chi connectivity index (χ0v) is 10.2. The fraction of sp³-hybridized carbons (Fsp3) is 0.909. The highest BCUT2D eigenvalue weighted by Gasteiger charge is 2.26. The van der Waals surface area contributed by atoms with Crippen molar-refractivity contribution in [3.63, 3.8) is 0 Å². The molecule has 5 heteroatoms. The van der Waals surface area contributed by atoms with Crippen LogP contribution >= 0.6 is 0 Å². The predicted octanol–water partition coefficient (Wildman–Crippen LogP) is -0.582. The van der Waals surface area contributed by atoms with Gasteiger partial charge in [-0.3, -0.25) is 9.69 Å². The number of nitrogens with one attached hydrogen (secondary N) is 1. The summed E-state index contributed by atoms with van der Waals surface area (Å²) in [6.45, 7) is 5.50. The maximum Gasteiger partial charge on any atom is 0.234 e. The van der Waals surface area contributed by atoms with Crippen LogP contribution in [0.25, 0.3) is 0 Å². The van der Waals surface area contributed by atoms with Crippen LogP contribution in [0.15, 0.2) is 0 Å². The SMILES string of the molecule is COC1CN(CC(=O)NCCN)CCC1C. The molecule has 0 spiro atoms. The number of methoxy groups -OCH3 is 1. The van der Waals surface area contributed by atoms with E-state index in [2.05, 4.69) is 17.1 Å². The van der Waals surface area contributed by atoms with Crippen LogP contribution in [0.2, 0.25) is 0 Å². The first-order chi connectivity index (χ1) is 7.67. The molecule has 1 heterocycles. The number of nitrogens with zero attached hydrogens (tertiary/aromatic N) is 1. The van der Waals surface area contributed by atoms with E-state index in [4.69, 9.17) is 10.5 Å². The van der Waals surface area contributed by atoms with Gasteiger partial charge in [0.2, 0.25) is 5.91 Å². The van der Waals surface area contributed by atoms with Crippen molar-refractivity contribution in [3.8, 4) is 0 Å². The second kappa shape index (κ2) is 6.83. The largest absolute Gasteiger partial charge is 0.380 e. The van der Waals surface area contributed by atoms with E-state index in [9.17, 15) is 4.79 Å². The number of carbonyl (C=O) groups is 1. The molecule has 0 aromatic rings. The molecule has 0 bridgehead atoms. The van der Waals surface area contributed by atoms with Gasteiger partial charge in [-0.25, -0.2) is 0 Å². The highest BCUT2D eigenvalue weighted by atomic mass is 16.5. The first-order valence-corrected chi connectivity index (χ1v) is 5.89. The Hall–Kier alpha value is -0.650. The fourth-order valence-corrected chi connectivity index (χ4v) is 2.02.